The summed E-state index contributed by atoms with van der Waals surface area (Å²) in [5.74, 6) is 1.11. The molecule has 0 aliphatic carbocycles. The summed E-state index contributed by atoms with van der Waals surface area (Å²) < 4.78 is 45.3. The van der Waals surface area contributed by atoms with E-state index in [1.807, 2.05) is 38.9 Å². The molecule has 0 saturated heterocycles. The van der Waals surface area contributed by atoms with Crippen LogP contribution in [-0.2, 0) is 11.1 Å². The number of fused-ring (bicyclic) bond motifs is 1. The minimum Gasteiger partial charge on any atom is -0.487 e. The SMILES string of the molecule is CN(C)CCOOc1ccc2c(c1)OC(C)(C)CC2=Cc1cccc(C(F)(F)F)c1. The largest absolute Gasteiger partial charge is 0.487 e. The Morgan fingerprint density at radius 1 is 1.13 bits per heavy atom. The summed E-state index contributed by atoms with van der Waals surface area (Å²) in [6.07, 6.45) is -2.03. The summed E-state index contributed by atoms with van der Waals surface area (Å²) in [6.45, 7) is 5.02. The van der Waals surface area contributed by atoms with E-state index in [0.717, 1.165) is 29.8 Å². The van der Waals surface area contributed by atoms with E-state index >= 15 is 0 Å². The molecule has 0 fully saturated rings. The Hall–Kier alpha value is -2.51. The Morgan fingerprint density at radius 2 is 1.90 bits per heavy atom. The quantitative estimate of drug-likeness (QED) is 0.341. The van der Waals surface area contributed by atoms with Crippen molar-refractivity contribution in [2.45, 2.75) is 32.0 Å². The van der Waals surface area contributed by atoms with E-state index in [9.17, 15) is 13.2 Å². The van der Waals surface area contributed by atoms with Crippen molar-refractivity contribution < 1.29 is 27.7 Å². The van der Waals surface area contributed by atoms with Crippen LogP contribution in [0, 0.1) is 0 Å². The standard InChI is InChI=1S/C23H26F3NO3/c1-22(2)15-17(12-16-6-5-7-18(13-16)23(24,25)26)20-9-8-19(14-21(20)29-22)30-28-11-10-27(3)4/h5-9,12-14H,10-11,15H2,1-4H3. The summed E-state index contributed by atoms with van der Waals surface area (Å²) in [4.78, 5) is 12.5. The van der Waals surface area contributed by atoms with Crippen LogP contribution in [0.5, 0.6) is 11.5 Å². The molecule has 0 aromatic heterocycles. The first-order chi connectivity index (χ1) is 14.0. The van der Waals surface area contributed by atoms with Gasteiger partial charge >= 0.3 is 6.18 Å². The van der Waals surface area contributed by atoms with E-state index in [1.54, 1.807) is 24.3 Å². The minimum absolute atomic E-state index is 0.414. The Bertz CT molecular complexity index is 920. The normalized spacial score (nSPS) is 17.0. The van der Waals surface area contributed by atoms with Gasteiger partial charge in [-0.25, -0.2) is 0 Å². The summed E-state index contributed by atoms with van der Waals surface area (Å²) in [6, 6.07) is 10.7. The van der Waals surface area contributed by atoms with Gasteiger partial charge in [0.05, 0.1) is 5.56 Å². The molecule has 0 bridgehead atoms. The number of hydrogen-bond acceptors (Lipinski definition) is 4. The highest BCUT2D eigenvalue weighted by atomic mass is 19.4. The van der Waals surface area contributed by atoms with Crippen molar-refractivity contribution in [3.8, 4) is 11.5 Å². The Morgan fingerprint density at radius 3 is 2.60 bits per heavy atom. The van der Waals surface area contributed by atoms with E-state index in [0.29, 0.717) is 30.1 Å². The maximum atomic E-state index is 13.1. The van der Waals surface area contributed by atoms with Crippen molar-refractivity contribution in [3.63, 3.8) is 0 Å². The third kappa shape index (κ3) is 5.77. The highest BCUT2D eigenvalue weighted by Crippen LogP contribution is 2.43. The van der Waals surface area contributed by atoms with Gasteiger partial charge in [-0.3, -0.25) is 0 Å². The van der Waals surface area contributed by atoms with E-state index < -0.39 is 17.3 Å². The van der Waals surface area contributed by atoms with Gasteiger partial charge in [0.25, 0.3) is 0 Å². The van der Waals surface area contributed by atoms with Crippen LogP contribution in [-0.4, -0.2) is 37.7 Å². The zero-order valence-corrected chi connectivity index (χ0v) is 17.5. The molecule has 0 radical (unpaired) electrons. The second-order valence-corrected chi connectivity index (χ2v) is 8.20. The second-order valence-electron chi connectivity index (χ2n) is 8.20. The molecule has 1 aliphatic rings. The molecular weight excluding hydrogens is 395 g/mol. The fourth-order valence-corrected chi connectivity index (χ4v) is 3.26. The predicted molar refractivity (Wildman–Crippen MR) is 110 cm³/mol. The van der Waals surface area contributed by atoms with Crippen LogP contribution in [0.4, 0.5) is 13.2 Å². The first-order valence-electron chi connectivity index (χ1n) is 9.69. The molecule has 0 N–H and O–H groups in total. The van der Waals surface area contributed by atoms with E-state index in [-0.39, 0.29) is 0 Å². The number of halogens is 3. The van der Waals surface area contributed by atoms with E-state index in [4.69, 9.17) is 14.5 Å². The van der Waals surface area contributed by atoms with Crippen LogP contribution in [0.1, 0.15) is 37.0 Å². The Balaban J connectivity index is 1.87. The van der Waals surface area contributed by atoms with Crippen LogP contribution in [0.15, 0.2) is 42.5 Å². The number of benzene rings is 2. The lowest BCUT2D eigenvalue weighted by atomic mass is 9.88. The molecule has 0 unspecified atom stereocenters. The van der Waals surface area contributed by atoms with Gasteiger partial charge in [0.2, 0.25) is 0 Å². The van der Waals surface area contributed by atoms with Crippen LogP contribution < -0.4 is 9.62 Å². The lowest BCUT2D eigenvalue weighted by molar-refractivity contribution is -0.208. The molecule has 2 aromatic carbocycles. The highest BCUT2D eigenvalue weighted by molar-refractivity contribution is 5.85. The molecule has 1 heterocycles. The average molecular weight is 421 g/mol. The number of ether oxygens (including phenoxy) is 1. The number of rotatable bonds is 6. The number of alkyl halides is 3. The molecule has 162 valence electrons. The number of hydrogen-bond donors (Lipinski definition) is 0. The van der Waals surface area contributed by atoms with Gasteiger partial charge in [0.15, 0.2) is 5.75 Å². The second kappa shape index (κ2) is 8.70. The van der Waals surface area contributed by atoms with Gasteiger partial charge in [-0.05, 0) is 63.3 Å². The average Bonchev–Trinajstić information content (AvgIpc) is 2.63. The zero-order valence-electron chi connectivity index (χ0n) is 17.5. The molecular formula is C23H26F3NO3. The summed E-state index contributed by atoms with van der Waals surface area (Å²) >= 11 is 0. The molecule has 3 rings (SSSR count). The van der Waals surface area contributed by atoms with Crippen molar-refractivity contribution >= 4 is 11.6 Å². The van der Waals surface area contributed by atoms with Crippen molar-refractivity contribution in [2.75, 3.05) is 27.2 Å². The topological polar surface area (TPSA) is 30.9 Å². The molecule has 2 aromatic rings. The first-order valence-corrected chi connectivity index (χ1v) is 9.69. The number of likely N-dealkylation sites (N-methyl/N-ethyl adjacent to an activating group) is 1. The summed E-state index contributed by atoms with van der Waals surface area (Å²) in [5.41, 5.74) is 1.05. The predicted octanol–water partition coefficient (Wildman–Crippen LogP) is 5.68. The lowest BCUT2D eigenvalue weighted by Gasteiger charge is -2.34. The van der Waals surface area contributed by atoms with Crippen LogP contribution in [0.2, 0.25) is 0 Å². The molecule has 30 heavy (non-hydrogen) atoms. The zero-order chi connectivity index (χ0) is 21.9. The molecule has 0 amide bonds. The van der Waals surface area contributed by atoms with Gasteiger partial charge in [0.1, 0.15) is 18.0 Å². The third-order valence-electron chi connectivity index (χ3n) is 4.63. The first kappa shape index (κ1) is 22.2. The maximum absolute atomic E-state index is 13.1. The van der Waals surface area contributed by atoms with Gasteiger partial charge in [-0.15, -0.1) is 0 Å². The molecule has 1 aliphatic heterocycles. The molecule has 0 saturated carbocycles. The molecule has 4 nitrogen and oxygen atoms in total. The maximum Gasteiger partial charge on any atom is 0.416 e. The number of nitrogens with zero attached hydrogens (tertiary/aromatic N) is 1. The lowest BCUT2D eigenvalue weighted by Crippen LogP contribution is -2.32. The fraction of sp³-hybridized carbons (Fsp3) is 0.391. The molecule has 0 atom stereocenters. The smallest absolute Gasteiger partial charge is 0.416 e. The summed E-state index contributed by atoms with van der Waals surface area (Å²) in [7, 11) is 3.88. The van der Waals surface area contributed by atoms with Crippen LogP contribution in [0.3, 0.4) is 0 Å². The van der Waals surface area contributed by atoms with E-state index in [1.165, 1.54) is 6.07 Å². The van der Waals surface area contributed by atoms with Crippen LogP contribution >= 0.6 is 0 Å². The Kier molecular flexibility index (Phi) is 6.43. The van der Waals surface area contributed by atoms with Crippen molar-refractivity contribution in [1.82, 2.24) is 4.90 Å². The fourth-order valence-electron chi connectivity index (χ4n) is 3.26. The van der Waals surface area contributed by atoms with Crippen molar-refractivity contribution in [3.05, 3.63) is 59.2 Å². The van der Waals surface area contributed by atoms with Gasteiger partial charge in [-0.2, -0.15) is 18.1 Å². The van der Waals surface area contributed by atoms with Crippen LogP contribution in [0.25, 0.3) is 11.6 Å². The Labute approximate surface area is 174 Å². The molecule has 7 heteroatoms. The third-order valence-corrected chi connectivity index (χ3v) is 4.63. The van der Waals surface area contributed by atoms with Gasteiger partial charge in [0, 0.05) is 24.6 Å². The van der Waals surface area contributed by atoms with Crippen molar-refractivity contribution in [2.24, 2.45) is 0 Å². The van der Waals surface area contributed by atoms with E-state index in [2.05, 4.69) is 0 Å². The monoisotopic (exact) mass is 421 g/mol. The molecule has 0 spiro atoms. The van der Waals surface area contributed by atoms with Crippen molar-refractivity contribution in [1.29, 1.82) is 0 Å². The van der Waals surface area contributed by atoms with Gasteiger partial charge < -0.3 is 14.5 Å². The minimum atomic E-state index is -4.37. The highest BCUT2D eigenvalue weighted by Gasteiger charge is 2.32. The summed E-state index contributed by atoms with van der Waals surface area (Å²) in [5, 5.41) is 0. The van der Waals surface area contributed by atoms with Gasteiger partial charge in [-0.1, -0.05) is 18.2 Å².